The number of aromatic nitrogens is 1. The molecule has 0 atom stereocenters. The molecule has 0 aliphatic carbocycles. The lowest BCUT2D eigenvalue weighted by Gasteiger charge is -2.16. The van der Waals surface area contributed by atoms with Crippen molar-refractivity contribution in [3.05, 3.63) is 17.8 Å². The number of hydrogen-bond donors (Lipinski definition) is 1. The molecule has 0 saturated carbocycles. The van der Waals surface area contributed by atoms with Crippen LogP contribution in [-0.4, -0.2) is 36.1 Å². The van der Waals surface area contributed by atoms with Gasteiger partial charge in [-0.25, -0.2) is 4.98 Å². The maximum Gasteiger partial charge on any atom is 0.208 e. The minimum absolute atomic E-state index is 0.849. The molecule has 0 spiro atoms. The summed E-state index contributed by atoms with van der Waals surface area (Å²) < 4.78 is 5.60. The summed E-state index contributed by atoms with van der Waals surface area (Å²) >= 11 is 0. The minimum atomic E-state index is 0.849. The average molecular weight is 209 g/mol. The normalized spacial score (nSPS) is 19.0. The zero-order valence-electron chi connectivity index (χ0n) is 9.33. The third-order valence-corrected chi connectivity index (χ3v) is 2.74. The highest BCUT2D eigenvalue weighted by atomic mass is 16.4. The van der Waals surface area contributed by atoms with Crippen LogP contribution in [0, 0.1) is 0 Å². The van der Waals surface area contributed by atoms with E-state index in [1.807, 2.05) is 6.20 Å². The Bertz CT molecular complexity index is 290. The monoisotopic (exact) mass is 209 g/mol. The smallest absolute Gasteiger partial charge is 0.208 e. The summed E-state index contributed by atoms with van der Waals surface area (Å²) in [6, 6.07) is 0. The summed E-state index contributed by atoms with van der Waals surface area (Å²) in [5, 5.41) is 3.39. The third kappa shape index (κ3) is 3.04. The Morgan fingerprint density at radius 2 is 2.40 bits per heavy atom. The van der Waals surface area contributed by atoms with Gasteiger partial charge >= 0.3 is 0 Å². The van der Waals surface area contributed by atoms with Crippen molar-refractivity contribution in [3.63, 3.8) is 0 Å². The Morgan fingerprint density at radius 1 is 1.47 bits per heavy atom. The van der Waals surface area contributed by atoms with Crippen LogP contribution in [0.4, 0.5) is 0 Å². The summed E-state index contributed by atoms with van der Waals surface area (Å²) in [6.45, 7) is 7.35. The van der Waals surface area contributed by atoms with Crippen LogP contribution in [-0.2, 0) is 13.0 Å². The number of hydrogen-bond acceptors (Lipinski definition) is 4. The van der Waals surface area contributed by atoms with Crippen LogP contribution in [0.1, 0.15) is 25.0 Å². The summed E-state index contributed by atoms with van der Waals surface area (Å²) in [4.78, 5) is 6.68. The van der Waals surface area contributed by atoms with E-state index in [2.05, 4.69) is 22.1 Å². The molecule has 1 aliphatic heterocycles. The second kappa shape index (κ2) is 5.28. The Balaban J connectivity index is 1.89. The first kappa shape index (κ1) is 10.6. The van der Waals surface area contributed by atoms with Crippen LogP contribution in [0.2, 0.25) is 0 Å². The Kier molecular flexibility index (Phi) is 3.75. The molecular formula is C11H19N3O. The van der Waals surface area contributed by atoms with Gasteiger partial charge in [0, 0.05) is 19.5 Å². The van der Waals surface area contributed by atoms with E-state index >= 15 is 0 Å². The van der Waals surface area contributed by atoms with Crippen molar-refractivity contribution >= 4 is 0 Å². The maximum atomic E-state index is 5.60. The van der Waals surface area contributed by atoms with E-state index < -0.39 is 0 Å². The van der Waals surface area contributed by atoms with E-state index in [-0.39, 0.29) is 0 Å². The van der Waals surface area contributed by atoms with E-state index in [0.29, 0.717) is 0 Å². The molecule has 84 valence electrons. The lowest BCUT2D eigenvalue weighted by atomic mass is 10.4. The maximum absolute atomic E-state index is 5.60. The van der Waals surface area contributed by atoms with E-state index in [9.17, 15) is 0 Å². The minimum Gasteiger partial charge on any atom is -0.444 e. The molecule has 1 aliphatic rings. The second-order valence-electron chi connectivity index (χ2n) is 3.95. The van der Waals surface area contributed by atoms with Gasteiger partial charge in [0.1, 0.15) is 5.76 Å². The molecule has 4 heteroatoms. The molecule has 1 fully saturated rings. The molecule has 0 radical (unpaired) electrons. The molecule has 1 aromatic heterocycles. The van der Waals surface area contributed by atoms with E-state index in [1.165, 1.54) is 6.42 Å². The SMILES string of the molecule is CCc1cnc(CN2CCCNCC2)o1. The van der Waals surface area contributed by atoms with Crippen molar-refractivity contribution in [2.75, 3.05) is 26.2 Å². The molecule has 2 rings (SSSR count). The zero-order valence-corrected chi connectivity index (χ0v) is 9.33. The van der Waals surface area contributed by atoms with Crippen molar-refractivity contribution in [2.45, 2.75) is 26.3 Å². The molecule has 0 bridgehead atoms. The number of nitrogens with one attached hydrogen (secondary N) is 1. The van der Waals surface area contributed by atoms with Gasteiger partial charge in [0.05, 0.1) is 12.7 Å². The van der Waals surface area contributed by atoms with Gasteiger partial charge in [-0.2, -0.15) is 0 Å². The van der Waals surface area contributed by atoms with Gasteiger partial charge in [-0.1, -0.05) is 6.92 Å². The quantitative estimate of drug-likeness (QED) is 0.807. The number of nitrogens with zero attached hydrogens (tertiary/aromatic N) is 2. The van der Waals surface area contributed by atoms with Crippen LogP contribution in [0.15, 0.2) is 10.6 Å². The number of rotatable bonds is 3. The summed E-state index contributed by atoms with van der Waals surface area (Å²) in [7, 11) is 0. The molecule has 0 unspecified atom stereocenters. The van der Waals surface area contributed by atoms with E-state index in [4.69, 9.17) is 4.42 Å². The molecule has 1 aromatic rings. The van der Waals surface area contributed by atoms with Gasteiger partial charge in [0.25, 0.3) is 0 Å². The molecule has 0 amide bonds. The first-order valence-corrected chi connectivity index (χ1v) is 5.75. The lowest BCUT2D eigenvalue weighted by molar-refractivity contribution is 0.251. The van der Waals surface area contributed by atoms with Gasteiger partial charge in [0.2, 0.25) is 5.89 Å². The van der Waals surface area contributed by atoms with Crippen molar-refractivity contribution < 1.29 is 4.42 Å². The Labute approximate surface area is 90.7 Å². The van der Waals surface area contributed by atoms with Crippen LogP contribution in [0.5, 0.6) is 0 Å². The fourth-order valence-corrected chi connectivity index (χ4v) is 1.84. The van der Waals surface area contributed by atoms with Gasteiger partial charge in [-0.15, -0.1) is 0 Å². The number of aryl methyl sites for hydroxylation is 1. The Morgan fingerprint density at radius 3 is 3.20 bits per heavy atom. The summed E-state index contributed by atoms with van der Waals surface area (Å²) in [5.41, 5.74) is 0. The first-order valence-electron chi connectivity index (χ1n) is 5.75. The molecule has 1 N–H and O–H groups in total. The zero-order chi connectivity index (χ0) is 10.5. The van der Waals surface area contributed by atoms with Crippen LogP contribution >= 0.6 is 0 Å². The predicted octanol–water partition coefficient (Wildman–Crippen LogP) is 1.03. The largest absolute Gasteiger partial charge is 0.444 e. The molecule has 4 nitrogen and oxygen atoms in total. The summed E-state index contributed by atoms with van der Waals surface area (Å²) in [6.07, 6.45) is 3.97. The van der Waals surface area contributed by atoms with Crippen LogP contribution < -0.4 is 5.32 Å². The lowest BCUT2D eigenvalue weighted by Crippen LogP contribution is -2.27. The molecule has 2 heterocycles. The van der Waals surface area contributed by atoms with Crippen molar-refractivity contribution in [2.24, 2.45) is 0 Å². The van der Waals surface area contributed by atoms with Crippen molar-refractivity contribution in [3.8, 4) is 0 Å². The highest BCUT2D eigenvalue weighted by molar-refractivity contribution is 4.93. The topological polar surface area (TPSA) is 41.3 Å². The molecular weight excluding hydrogens is 190 g/mol. The molecule has 0 aromatic carbocycles. The van der Waals surface area contributed by atoms with E-state index in [0.717, 1.165) is 50.8 Å². The predicted molar refractivity (Wildman–Crippen MR) is 58.6 cm³/mol. The highest BCUT2D eigenvalue weighted by Gasteiger charge is 2.11. The second-order valence-corrected chi connectivity index (χ2v) is 3.95. The van der Waals surface area contributed by atoms with Crippen LogP contribution in [0.25, 0.3) is 0 Å². The highest BCUT2D eigenvalue weighted by Crippen LogP contribution is 2.08. The van der Waals surface area contributed by atoms with Crippen molar-refractivity contribution in [1.82, 2.24) is 15.2 Å². The van der Waals surface area contributed by atoms with Gasteiger partial charge in [-0.05, 0) is 19.5 Å². The standard InChI is InChI=1S/C11H19N3O/c1-2-10-8-13-11(15-10)9-14-6-3-4-12-5-7-14/h8,12H,2-7,9H2,1H3. The number of oxazole rings is 1. The molecule has 15 heavy (non-hydrogen) atoms. The fraction of sp³-hybridized carbons (Fsp3) is 0.727. The average Bonchev–Trinajstić information content (AvgIpc) is 2.54. The van der Waals surface area contributed by atoms with Gasteiger partial charge in [0.15, 0.2) is 0 Å². The van der Waals surface area contributed by atoms with Crippen molar-refractivity contribution in [1.29, 1.82) is 0 Å². The first-order chi connectivity index (χ1) is 7.38. The van der Waals surface area contributed by atoms with E-state index in [1.54, 1.807) is 0 Å². The molecule has 1 saturated heterocycles. The third-order valence-electron chi connectivity index (χ3n) is 2.74. The summed E-state index contributed by atoms with van der Waals surface area (Å²) in [5.74, 6) is 1.84. The van der Waals surface area contributed by atoms with Gasteiger partial charge in [-0.3, -0.25) is 4.90 Å². The fourth-order valence-electron chi connectivity index (χ4n) is 1.84. The Hall–Kier alpha value is -0.870. The van der Waals surface area contributed by atoms with Crippen LogP contribution in [0.3, 0.4) is 0 Å². The van der Waals surface area contributed by atoms with Gasteiger partial charge < -0.3 is 9.73 Å².